The Bertz CT molecular complexity index is 596. The molecule has 0 radical (unpaired) electrons. The first-order valence-electron chi connectivity index (χ1n) is 5.52. The number of carbonyl (C=O) groups is 1. The second-order valence-corrected chi connectivity index (χ2v) is 4.68. The van der Waals surface area contributed by atoms with Gasteiger partial charge in [-0.05, 0) is 36.4 Å². The standard InChI is InChI=1S/C14H12BrNO3/c1-18-14(17)11-3-2-4-12(13(11)16)19-10-7-5-9(15)6-8-10/h2-8H,16H2,1H3. The fourth-order valence-corrected chi connectivity index (χ4v) is 1.81. The average Bonchev–Trinajstić information content (AvgIpc) is 2.43. The molecule has 5 heteroatoms. The molecule has 0 aliphatic carbocycles. The van der Waals surface area contributed by atoms with Gasteiger partial charge >= 0.3 is 5.97 Å². The minimum absolute atomic E-state index is 0.261. The number of esters is 1. The molecule has 0 aromatic heterocycles. The van der Waals surface area contributed by atoms with E-state index in [2.05, 4.69) is 20.7 Å². The van der Waals surface area contributed by atoms with E-state index in [0.29, 0.717) is 11.5 Å². The van der Waals surface area contributed by atoms with E-state index in [9.17, 15) is 4.79 Å². The van der Waals surface area contributed by atoms with E-state index in [4.69, 9.17) is 10.5 Å². The van der Waals surface area contributed by atoms with E-state index < -0.39 is 5.97 Å². The SMILES string of the molecule is COC(=O)c1cccc(Oc2ccc(Br)cc2)c1N. The van der Waals surface area contributed by atoms with Gasteiger partial charge < -0.3 is 15.2 Å². The van der Waals surface area contributed by atoms with Crippen LogP contribution in [-0.2, 0) is 4.74 Å². The fraction of sp³-hybridized carbons (Fsp3) is 0.0714. The van der Waals surface area contributed by atoms with E-state index >= 15 is 0 Å². The monoisotopic (exact) mass is 321 g/mol. The predicted molar refractivity (Wildman–Crippen MR) is 76.4 cm³/mol. The Morgan fingerprint density at radius 1 is 1.16 bits per heavy atom. The molecule has 0 aliphatic rings. The topological polar surface area (TPSA) is 61.5 Å². The number of ether oxygens (including phenoxy) is 2. The first-order valence-corrected chi connectivity index (χ1v) is 6.31. The van der Waals surface area contributed by atoms with Gasteiger partial charge in [0, 0.05) is 4.47 Å². The predicted octanol–water partition coefficient (Wildman–Crippen LogP) is 3.61. The summed E-state index contributed by atoms with van der Waals surface area (Å²) in [6.07, 6.45) is 0. The molecule has 0 fully saturated rings. The van der Waals surface area contributed by atoms with Crippen molar-refractivity contribution in [2.75, 3.05) is 12.8 Å². The molecule has 4 nitrogen and oxygen atoms in total. The summed E-state index contributed by atoms with van der Waals surface area (Å²) in [5, 5.41) is 0. The van der Waals surface area contributed by atoms with Crippen molar-refractivity contribution in [1.82, 2.24) is 0 Å². The van der Waals surface area contributed by atoms with Crippen LogP contribution in [0.3, 0.4) is 0 Å². The Hall–Kier alpha value is -2.01. The third-order valence-corrected chi connectivity index (χ3v) is 3.04. The Kier molecular flexibility index (Phi) is 4.06. The molecule has 0 spiro atoms. The van der Waals surface area contributed by atoms with Crippen LogP contribution < -0.4 is 10.5 Å². The number of nitrogen functional groups attached to an aromatic ring is 1. The zero-order valence-electron chi connectivity index (χ0n) is 10.2. The number of anilines is 1. The molecule has 2 rings (SSSR count). The summed E-state index contributed by atoms with van der Waals surface area (Å²) in [4.78, 5) is 11.5. The lowest BCUT2D eigenvalue weighted by Crippen LogP contribution is -2.06. The van der Waals surface area contributed by atoms with E-state index in [-0.39, 0.29) is 11.3 Å². The van der Waals surface area contributed by atoms with Gasteiger partial charge in [0.15, 0.2) is 5.75 Å². The lowest BCUT2D eigenvalue weighted by atomic mass is 10.1. The highest BCUT2D eigenvalue weighted by atomic mass is 79.9. The van der Waals surface area contributed by atoms with Gasteiger partial charge in [-0.1, -0.05) is 22.0 Å². The summed E-state index contributed by atoms with van der Waals surface area (Å²) in [5.41, 5.74) is 6.45. The third kappa shape index (κ3) is 3.06. The number of nitrogens with two attached hydrogens (primary N) is 1. The molecule has 2 N–H and O–H groups in total. The maximum absolute atomic E-state index is 11.5. The Morgan fingerprint density at radius 3 is 2.47 bits per heavy atom. The average molecular weight is 322 g/mol. The molecule has 0 saturated heterocycles. The van der Waals surface area contributed by atoms with Crippen LogP contribution in [0, 0.1) is 0 Å². The lowest BCUT2D eigenvalue weighted by Gasteiger charge is -2.11. The first-order chi connectivity index (χ1) is 9.11. The molecule has 0 saturated carbocycles. The minimum atomic E-state index is -0.487. The quantitative estimate of drug-likeness (QED) is 0.693. The molecule has 0 unspecified atom stereocenters. The number of benzene rings is 2. The van der Waals surface area contributed by atoms with Crippen LogP contribution in [0.4, 0.5) is 5.69 Å². The van der Waals surface area contributed by atoms with Crippen molar-refractivity contribution in [3.63, 3.8) is 0 Å². The maximum atomic E-state index is 11.5. The molecule has 0 aliphatic heterocycles. The number of para-hydroxylation sites is 1. The van der Waals surface area contributed by atoms with Crippen LogP contribution >= 0.6 is 15.9 Å². The van der Waals surface area contributed by atoms with Crippen molar-refractivity contribution in [2.24, 2.45) is 0 Å². The normalized spacial score (nSPS) is 10.0. The van der Waals surface area contributed by atoms with E-state index in [1.807, 2.05) is 12.1 Å². The zero-order chi connectivity index (χ0) is 13.8. The Balaban J connectivity index is 2.30. The van der Waals surface area contributed by atoms with Crippen molar-refractivity contribution in [3.8, 4) is 11.5 Å². The van der Waals surface area contributed by atoms with Gasteiger partial charge in [-0.25, -0.2) is 4.79 Å². The van der Waals surface area contributed by atoms with Gasteiger partial charge in [-0.3, -0.25) is 0 Å². The highest BCUT2D eigenvalue weighted by Crippen LogP contribution is 2.30. The van der Waals surface area contributed by atoms with Crippen LogP contribution in [0.5, 0.6) is 11.5 Å². The van der Waals surface area contributed by atoms with E-state index in [0.717, 1.165) is 4.47 Å². The molecular weight excluding hydrogens is 310 g/mol. The maximum Gasteiger partial charge on any atom is 0.340 e. The molecule has 98 valence electrons. The van der Waals surface area contributed by atoms with Crippen molar-refractivity contribution in [2.45, 2.75) is 0 Å². The van der Waals surface area contributed by atoms with Gasteiger partial charge in [-0.15, -0.1) is 0 Å². The van der Waals surface area contributed by atoms with Gasteiger partial charge in [-0.2, -0.15) is 0 Å². The number of halogens is 1. The van der Waals surface area contributed by atoms with E-state index in [1.54, 1.807) is 30.3 Å². The number of carbonyl (C=O) groups excluding carboxylic acids is 1. The van der Waals surface area contributed by atoms with Crippen LogP contribution in [0.15, 0.2) is 46.9 Å². The van der Waals surface area contributed by atoms with Crippen molar-refractivity contribution >= 4 is 27.6 Å². The lowest BCUT2D eigenvalue weighted by molar-refractivity contribution is 0.0601. The summed E-state index contributed by atoms with van der Waals surface area (Å²) in [6.45, 7) is 0. The number of hydrogen-bond donors (Lipinski definition) is 1. The minimum Gasteiger partial charge on any atom is -0.465 e. The Morgan fingerprint density at radius 2 is 1.84 bits per heavy atom. The summed E-state index contributed by atoms with van der Waals surface area (Å²) < 4.78 is 11.3. The molecule has 0 amide bonds. The van der Waals surface area contributed by atoms with E-state index in [1.165, 1.54) is 7.11 Å². The van der Waals surface area contributed by atoms with Crippen LogP contribution in [0.25, 0.3) is 0 Å². The third-order valence-electron chi connectivity index (χ3n) is 2.51. The van der Waals surface area contributed by atoms with Crippen LogP contribution in [-0.4, -0.2) is 13.1 Å². The smallest absolute Gasteiger partial charge is 0.340 e. The highest BCUT2D eigenvalue weighted by molar-refractivity contribution is 9.10. The molecule has 0 heterocycles. The first kappa shape index (κ1) is 13.4. The second kappa shape index (κ2) is 5.75. The van der Waals surface area contributed by atoms with Gasteiger partial charge in [0.05, 0.1) is 18.4 Å². The zero-order valence-corrected chi connectivity index (χ0v) is 11.8. The Labute approximate surface area is 119 Å². The molecule has 19 heavy (non-hydrogen) atoms. The second-order valence-electron chi connectivity index (χ2n) is 3.76. The summed E-state index contributed by atoms with van der Waals surface area (Å²) in [7, 11) is 1.31. The summed E-state index contributed by atoms with van der Waals surface area (Å²) in [5.74, 6) is 0.570. The number of rotatable bonds is 3. The van der Waals surface area contributed by atoms with Crippen molar-refractivity contribution < 1.29 is 14.3 Å². The molecule has 2 aromatic rings. The van der Waals surface area contributed by atoms with Crippen molar-refractivity contribution in [1.29, 1.82) is 0 Å². The van der Waals surface area contributed by atoms with Crippen LogP contribution in [0.2, 0.25) is 0 Å². The molecular formula is C14H12BrNO3. The number of hydrogen-bond acceptors (Lipinski definition) is 4. The van der Waals surface area contributed by atoms with Gasteiger partial charge in [0.1, 0.15) is 5.75 Å². The number of methoxy groups -OCH3 is 1. The molecule has 0 bridgehead atoms. The highest BCUT2D eigenvalue weighted by Gasteiger charge is 2.13. The largest absolute Gasteiger partial charge is 0.465 e. The van der Waals surface area contributed by atoms with Crippen molar-refractivity contribution in [3.05, 3.63) is 52.5 Å². The van der Waals surface area contributed by atoms with Gasteiger partial charge in [0.25, 0.3) is 0 Å². The fourth-order valence-electron chi connectivity index (χ4n) is 1.55. The van der Waals surface area contributed by atoms with Gasteiger partial charge in [0.2, 0.25) is 0 Å². The summed E-state index contributed by atoms with van der Waals surface area (Å²) in [6, 6.07) is 12.3. The molecule has 0 atom stereocenters. The van der Waals surface area contributed by atoms with Crippen LogP contribution in [0.1, 0.15) is 10.4 Å². The molecule has 2 aromatic carbocycles. The summed E-state index contributed by atoms with van der Waals surface area (Å²) >= 11 is 3.34.